The lowest BCUT2D eigenvalue weighted by Gasteiger charge is -2.31. The minimum atomic E-state index is -3.37. The molecule has 0 amide bonds. The van der Waals surface area contributed by atoms with E-state index in [0.717, 1.165) is 29.4 Å². The van der Waals surface area contributed by atoms with Gasteiger partial charge < -0.3 is 5.32 Å². The molecule has 0 atom stereocenters. The first kappa shape index (κ1) is 15.9. The average molecular weight is 361 g/mol. The van der Waals surface area contributed by atoms with Crippen molar-refractivity contribution in [2.75, 3.05) is 26.7 Å². The van der Waals surface area contributed by atoms with Gasteiger partial charge in [-0.2, -0.15) is 4.31 Å². The van der Waals surface area contributed by atoms with Gasteiger partial charge in [0.25, 0.3) is 0 Å². The molecule has 0 spiro atoms. The van der Waals surface area contributed by atoms with E-state index in [-0.39, 0.29) is 0 Å². The Hall–Kier alpha value is -0.430. The summed E-state index contributed by atoms with van der Waals surface area (Å²) in [5.74, 6) is 0.579. The Morgan fingerprint density at radius 3 is 2.60 bits per heavy atom. The first-order valence-corrected chi connectivity index (χ1v) is 9.09. The fourth-order valence-electron chi connectivity index (χ4n) is 2.63. The van der Waals surface area contributed by atoms with Crippen LogP contribution in [-0.2, 0) is 10.0 Å². The Balaban J connectivity index is 2.18. The van der Waals surface area contributed by atoms with Crippen molar-refractivity contribution in [2.45, 2.75) is 24.7 Å². The van der Waals surface area contributed by atoms with Crippen LogP contribution in [0.15, 0.2) is 27.6 Å². The van der Waals surface area contributed by atoms with Crippen LogP contribution in [0.4, 0.5) is 0 Å². The molecule has 112 valence electrons. The number of sulfonamides is 1. The van der Waals surface area contributed by atoms with Crippen LogP contribution >= 0.6 is 15.9 Å². The molecule has 1 aromatic rings. The van der Waals surface area contributed by atoms with Gasteiger partial charge in [0, 0.05) is 17.6 Å². The number of halogens is 1. The van der Waals surface area contributed by atoms with Gasteiger partial charge in [-0.3, -0.25) is 0 Å². The molecule has 1 fully saturated rings. The second-order valence-electron chi connectivity index (χ2n) is 5.31. The molecule has 1 aliphatic rings. The van der Waals surface area contributed by atoms with Crippen LogP contribution in [0.25, 0.3) is 0 Å². The Bertz CT molecular complexity index is 567. The molecule has 6 heteroatoms. The van der Waals surface area contributed by atoms with Crippen molar-refractivity contribution in [3.63, 3.8) is 0 Å². The molecule has 0 radical (unpaired) electrons. The number of rotatable bonds is 4. The lowest BCUT2D eigenvalue weighted by Crippen LogP contribution is -2.40. The number of hydrogen-bond acceptors (Lipinski definition) is 3. The Kier molecular flexibility index (Phi) is 5.23. The SMILES string of the molecule is CNCC1CCN(S(=O)(=O)c2cc(Br)ccc2C)CC1. The summed E-state index contributed by atoms with van der Waals surface area (Å²) in [6.07, 6.45) is 1.85. The predicted molar refractivity (Wildman–Crippen MR) is 84.3 cm³/mol. The molecule has 0 aromatic heterocycles. The lowest BCUT2D eigenvalue weighted by molar-refractivity contribution is 0.270. The fraction of sp³-hybridized carbons (Fsp3) is 0.571. The van der Waals surface area contributed by atoms with Gasteiger partial charge in [0.05, 0.1) is 4.90 Å². The molecule has 20 heavy (non-hydrogen) atoms. The van der Waals surface area contributed by atoms with Crippen LogP contribution in [0.1, 0.15) is 18.4 Å². The van der Waals surface area contributed by atoms with E-state index in [1.54, 1.807) is 10.4 Å². The van der Waals surface area contributed by atoms with Crippen molar-refractivity contribution in [1.82, 2.24) is 9.62 Å². The summed E-state index contributed by atoms with van der Waals surface area (Å²) >= 11 is 3.35. The molecule has 0 saturated carbocycles. The van der Waals surface area contributed by atoms with E-state index in [2.05, 4.69) is 21.2 Å². The number of hydrogen-bond donors (Lipinski definition) is 1. The second kappa shape index (κ2) is 6.56. The van der Waals surface area contributed by atoms with Crippen LogP contribution < -0.4 is 5.32 Å². The van der Waals surface area contributed by atoms with Gasteiger partial charge in [-0.1, -0.05) is 22.0 Å². The van der Waals surface area contributed by atoms with Crippen LogP contribution in [0, 0.1) is 12.8 Å². The van der Waals surface area contributed by atoms with Crippen molar-refractivity contribution in [2.24, 2.45) is 5.92 Å². The third kappa shape index (κ3) is 3.42. The van der Waals surface area contributed by atoms with Gasteiger partial charge in [0.2, 0.25) is 10.0 Å². The number of nitrogens with one attached hydrogen (secondary N) is 1. The predicted octanol–water partition coefficient (Wildman–Crippen LogP) is 2.38. The molecule has 0 aliphatic carbocycles. The maximum Gasteiger partial charge on any atom is 0.243 e. The highest BCUT2D eigenvalue weighted by atomic mass is 79.9. The molecule has 1 aliphatic heterocycles. The maximum absolute atomic E-state index is 12.7. The zero-order valence-electron chi connectivity index (χ0n) is 11.9. The Labute approximate surface area is 129 Å². The van der Waals surface area contributed by atoms with Gasteiger partial charge >= 0.3 is 0 Å². The van der Waals surface area contributed by atoms with Crippen LogP contribution in [0.5, 0.6) is 0 Å². The standard InChI is InChI=1S/C14H21BrN2O2S/c1-11-3-4-13(15)9-14(11)20(18,19)17-7-5-12(6-8-17)10-16-2/h3-4,9,12,16H,5-8,10H2,1-2H3. The van der Waals surface area contributed by atoms with Crippen molar-refractivity contribution < 1.29 is 8.42 Å². The third-order valence-electron chi connectivity index (χ3n) is 3.83. The number of benzene rings is 1. The van der Waals surface area contributed by atoms with Crippen molar-refractivity contribution in [3.8, 4) is 0 Å². The van der Waals surface area contributed by atoms with Gasteiger partial charge in [0.1, 0.15) is 0 Å². The smallest absolute Gasteiger partial charge is 0.243 e. The third-order valence-corrected chi connectivity index (χ3v) is 6.37. The van der Waals surface area contributed by atoms with Gasteiger partial charge in [-0.05, 0) is 57.0 Å². The van der Waals surface area contributed by atoms with E-state index in [0.29, 0.717) is 23.9 Å². The highest BCUT2D eigenvalue weighted by Crippen LogP contribution is 2.27. The van der Waals surface area contributed by atoms with Crippen molar-refractivity contribution in [3.05, 3.63) is 28.2 Å². The monoisotopic (exact) mass is 360 g/mol. The first-order valence-electron chi connectivity index (χ1n) is 6.86. The summed E-state index contributed by atoms with van der Waals surface area (Å²) in [4.78, 5) is 0.416. The van der Waals surface area contributed by atoms with Crippen LogP contribution in [0.3, 0.4) is 0 Å². The fourth-order valence-corrected chi connectivity index (χ4v) is 4.87. The van der Waals surface area contributed by atoms with Gasteiger partial charge in [-0.15, -0.1) is 0 Å². The number of nitrogens with zero attached hydrogens (tertiary/aromatic N) is 1. The highest BCUT2D eigenvalue weighted by Gasteiger charge is 2.30. The van der Waals surface area contributed by atoms with E-state index in [1.165, 1.54) is 0 Å². The van der Waals surface area contributed by atoms with Crippen molar-refractivity contribution in [1.29, 1.82) is 0 Å². The summed E-state index contributed by atoms with van der Waals surface area (Å²) in [6, 6.07) is 5.41. The van der Waals surface area contributed by atoms with E-state index in [1.807, 2.05) is 26.1 Å². The quantitative estimate of drug-likeness (QED) is 0.896. The average Bonchev–Trinajstić information content (AvgIpc) is 2.42. The zero-order chi connectivity index (χ0) is 14.8. The Morgan fingerprint density at radius 1 is 1.35 bits per heavy atom. The van der Waals surface area contributed by atoms with Gasteiger partial charge in [0.15, 0.2) is 0 Å². The molecule has 0 unspecified atom stereocenters. The normalized spacial score (nSPS) is 18.4. The second-order valence-corrected chi connectivity index (χ2v) is 8.14. The summed E-state index contributed by atoms with van der Waals surface area (Å²) in [6.45, 7) is 4.03. The molecule has 1 saturated heterocycles. The molecule has 1 N–H and O–H groups in total. The molecule has 0 bridgehead atoms. The molecular formula is C14H21BrN2O2S. The minimum Gasteiger partial charge on any atom is -0.319 e. The van der Waals surface area contributed by atoms with Crippen molar-refractivity contribution >= 4 is 26.0 Å². The van der Waals surface area contributed by atoms with E-state index < -0.39 is 10.0 Å². The molecule has 1 aromatic carbocycles. The van der Waals surface area contributed by atoms with E-state index in [9.17, 15) is 8.42 Å². The summed E-state index contributed by atoms with van der Waals surface area (Å²) in [7, 11) is -1.43. The molecule has 1 heterocycles. The summed E-state index contributed by atoms with van der Waals surface area (Å²) < 4.78 is 27.8. The number of piperidine rings is 1. The summed E-state index contributed by atoms with van der Waals surface area (Å²) in [5, 5.41) is 3.17. The molecular weight excluding hydrogens is 340 g/mol. The first-order chi connectivity index (χ1) is 9.45. The van der Waals surface area contributed by atoms with Crippen LogP contribution in [0.2, 0.25) is 0 Å². The van der Waals surface area contributed by atoms with E-state index in [4.69, 9.17) is 0 Å². The topological polar surface area (TPSA) is 49.4 Å². The molecule has 4 nitrogen and oxygen atoms in total. The maximum atomic E-state index is 12.7. The highest BCUT2D eigenvalue weighted by molar-refractivity contribution is 9.10. The summed E-state index contributed by atoms with van der Waals surface area (Å²) in [5.41, 5.74) is 0.797. The largest absolute Gasteiger partial charge is 0.319 e. The van der Waals surface area contributed by atoms with Gasteiger partial charge in [-0.25, -0.2) is 8.42 Å². The Morgan fingerprint density at radius 2 is 2.00 bits per heavy atom. The lowest BCUT2D eigenvalue weighted by atomic mass is 9.98. The van der Waals surface area contributed by atoms with Crippen LogP contribution in [-0.4, -0.2) is 39.4 Å². The number of aryl methyl sites for hydroxylation is 1. The molecule has 2 rings (SSSR count). The zero-order valence-corrected chi connectivity index (χ0v) is 14.3. The minimum absolute atomic E-state index is 0.416. The van der Waals surface area contributed by atoms with E-state index >= 15 is 0 Å².